The summed E-state index contributed by atoms with van der Waals surface area (Å²) >= 11 is 1.18. The van der Waals surface area contributed by atoms with Crippen LogP contribution in [0.3, 0.4) is 0 Å². The summed E-state index contributed by atoms with van der Waals surface area (Å²) in [4.78, 5) is 31.5. The molecular weight excluding hydrogens is 304 g/mol. The first kappa shape index (κ1) is 16.2. The molecule has 0 aliphatic rings. The third kappa shape index (κ3) is 3.53. The number of primary amides is 1. The lowest BCUT2D eigenvalue weighted by atomic mass is 10.1. The van der Waals surface area contributed by atoms with E-state index in [-0.39, 0.29) is 5.92 Å². The van der Waals surface area contributed by atoms with Crippen LogP contribution >= 0.6 is 11.8 Å². The topological polar surface area (TPSA) is 115 Å². The molecule has 0 unspecified atom stereocenters. The molecule has 0 radical (unpaired) electrons. The van der Waals surface area contributed by atoms with Crippen LogP contribution in [0.25, 0.3) is 5.78 Å². The monoisotopic (exact) mass is 322 g/mol. The molecule has 2 aromatic heterocycles. The van der Waals surface area contributed by atoms with E-state index in [4.69, 9.17) is 5.73 Å². The number of urea groups is 1. The van der Waals surface area contributed by atoms with Gasteiger partial charge in [0.05, 0.1) is 5.25 Å². The third-order valence-electron chi connectivity index (χ3n) is 2.94. The summed E-state index contributed by atoms with van der Waals surface area (Å²) in [5.41, 5.74) is 6.75. The summed E-state index contributed by atoms with van der Waals surface area (Å²) in [6.45, 7) is 7.54. The van der Waals surface area contributed by atoms with Crippen molar-refractivity contribution in [3.05, 3.63) is 17.5 Å². The second-order valence-electron chi connectivity index (χ2n) is 5.28. The van der Waals surface area contributed by atoms with Gasteiger partial charge in [-0.05, 0) is 25.8 Å². The maximum Gasteiger partial charge on any atom is 0.318 e. The van der Waals surface area contributed by atoms with E-state index >= 15 is 0 Å². The van der Waals surface area contributed by atoms with Gasteiger partial charge in [0.15, 0.2) is 0 Å². The number of carbonyl (C=O) groups is 2. The van der Waals surface area contributed by atoms with Gasteiger partial charge in [-0.3, -0.25) is 10.1 Å². The van der Waals surface area contributed by atoms with Gasteiger partial charge in [-0.15, -0.1) is 5.10 Å². The Morgan fingerprint density at radius 1 is 1.32 bits per heavy atom. The summed E-state index contributed by atoms with van der Waals surface area (Å²) in [5.74, 6) is 0.0109. The van der Waals surface area contributed by atoms with Crippen molar-refractivity contribution in [2.45, 2.75) is 38.1 Å². The van der Waals surface area contributed by atoms with Gasteiger partial charge < -0.3 is 5.73 Å². The van der Waals surface area contributed by atoms with Crippen LogP contribution in [0.5, 0.6) is 0 Å². The lowest BCUT2D eigenvalue weighted by Crippen LogP contribution is -2.42. The molecule has 118 valence electrons. The fourth-order valence-electron chi connectivity index (χ4n) is 2.00. The molecule has 0 saturated heterocycles. The maximum absolute atomic E-state index is 12.0. The summed E-state index contributed by atoms with van der Waals surface area (Å²) in [7, 11) is 0. The average molecular weight is 322 g/mol. The molecule has 9 heteroatoms. The minimum absolute atomic E-state index is 0.0215. The second-order valence-corrected chi connectivity index (χ2v) is 6.39. The van der Waals surface area contributed by atoms with Crippen LogP contribution in [-0.4, -0.2) is 36.8 Å². The van der Waals surface area contributed by atoms with Gasteiger partial charge in [0.25, 0.3) is 5.78 Å². The van der Waals surface area contributed by atoms with Gasteiger partial charge >= 0.3 is 6.03 Å². The van der Waals surface area contributed by atoms with E-state index in [2.05, 4.69) is 20.4 Å². The highest BCUT2D eigenvalue weighted by molar-refractivity contribution is 8.00. The fraction of sp³-hybridized carbons (Fsp3) is 0.462. The second kappa shape index (κ2) is 6.30. The minimum atomic E-state index is -0.868. The molecular formula is C13H18N6O2S. The molecule has 0 spiro atoms. The first-order valence-electron chi connectivity index (χ1n) is 6.76. The van der Waals surface area contributed by atoms with E-state index in [0.717, 1.165) is 11.4 Å². The first-order valence-corrected chi connectivity index (χ1v) is 7.64. The molecule has 0 bridgehead atoms. The Balaban J connectivity index is 2.28. The van der Waals surface area contributed by atoms with Gasteiger partial charge in [0, 0.05) is 11.4 Å². The van der Waals surface area contributed by atoms with E-state index in [0.29, 0.717) is 10.9 Å². The van der Waals surface area contributed by atoms with Crippen LogP contribution in [0.2, 0.25) is 0 Å². The number of fused-ring (bicyclic) bond motifs is 1. The molecule has 22 heavy (non-hydrogen) atoms. The van der Waals surface area contributed by atoms with Crippen LogP contribution < -0.4 is 11.1 Å². The molecule has 2 aromatic rings. The highest BCUT2D eigenvalue weighted by Crippen LogP contribution is 2.26. The first-order chi connectivity index (χ1) is 10.3. The molecule has 2 rings (SSSR count). The summed E-state index contributed by atoms with van der Waals surface area (Å²) in [6, 6.07) is 1.03. The number of imide groups is 1. The van der Waals surface area contributed by atoms with E-state index in [1.807, 2.05) is 33.8 Å². The number of nitrogens with two attached hydrogens (primary N) is 1. The highest BCUT2D eigenvalue weighted by Gasteiger charge is 2.26. The predicted molar refractivity (Wildman–Crippen MR) is 82.5 cm³/mol. The number of carbonyl (C=O) groups excluding carboxylic acids is 2. The van der Waals surface area contributed by atoms with Gasteiger partial charge in [-0.25, -0.2) is 14.3 Å². The number of rotatable bonds is 4. The molecule has 0 aliphatic carbocycles. The largest absolute Gasteiger partial charge is 0.351 e. The SMILES string of the molecule is Cc1cc(C)n2nc(S[C@H](C(=O)NC(N)=O)C(C)C)nc2n1. The minimum Gasteiger partial charge on any atom is -0.351 e. The highest BCUT2D eigenvalue weighted by atomic mass is 32.2. The molecule has 0 aliphatic heterocycles. The molecule has 0 aromatic carbocycles. The Bertz CT molecular complexity index is 727. The van der Waals surface area contributed by atoms with E-state index < -0.39 is 17.2 Å². The number of nitrogens with one attached hydrogen (secondary N) is 1. The van der Waals surface area contributed by atoms with Gasteiger partial charge in [-0.2, -0.15) is 4.98 Å². The van der Waals surface area contributed by atoms with E-state index in [9.17, 15) is 9.59 Å². The standard InChI is InChI=1S/C13H18N6O2S/c1-6(2)9(10(20)16-11(14)21)22-13-17-12-15-7(3)5-8(4)19(12)18-13/h5-6,9H,1-4H3,(H3,14,16,20,21)/t9-/m0/s1. The third-order valence-corrected chi connectivity index (χ3v) is 4.34. The Labute approximate surface area is 131 Å². The lowest BCUT2D eigenvalue weighted by Gasteiger charge is -2.16. The Morgan fingerprint density at radius 2 is 2.00 bits per heavy atom. The van der Waals surface area contributed by atoms with Crippen LogP contribution in [-0.2, 0) is 4.79 Å². The number of aromatic nitrogens is 4. The van der Waals surface area contributed by atoms with Crippen LogP contribution in [0, 0.1) is 19.8 Å². The smallest absolute Gasteiger partial charge is 0.318 e. The molecule has 2 heterocycles. The van der Waals surface area contributed by atoms with Crippen LogP contribution in [0.4, 0.5) is 4.79 Å². The molecule has 0 saturated carbocycles. The number of hydrogen-bond donors (Lipinski definition) is 2. The zero-order valence-electron chi connectivity index (χ0n) is 12.8. The average Bonchev–Trinajstić information content (AvgIpc) is 2.77. The van der Waals surface area contributed by atoms with Gasteiger partial charge in [0.2, 0.25) is 11.1 Å². The zero-order chi connectivity index (χ0) is 16.4. The van der Waals surface area contributed by atoms with Crippen molar-refractivity contribution in [3.8, 4) is 0 Å². The lowest BCUT2D eigenvalue weighted by molar-refractivity contribution is -0.120. The molecule has 8 nitrogen and oxygen atoms in total. The van der Waals surface area contributed by atoms with E-state index in [1.54, 1.807) is 4.52 Å². The number of aryl methyl sites for hydroxylation is 2. The molecule has 3 amide bonds. The van der Waals surface area contributed by atoms with Crippen molar-refractivity contribution in [1.29, 1.82) is 0 Å². The predicted octanol–water partition coefficient (Wildman–Crippen LogP) is 1.05. The fourth-order valence-corrected chi connectivity index (χ4v) is 2.92. The zero-order valence-corrected chi connectivity index (χ0v) is 13.6. The van der Waals surface area contributed by atoms with Crippen LogP contribution in [0.1, 0.15) is 25.2 Å². The Hall–Kier alpha value is -2.16. The van der Waals surface area contributed by atoms with Gasteiger partial charge in [-0.1, -0.05) is 25.6 Å². The number of hydrogen-bond acceptors (Lipinski definition) is 6. The van der Waals surface area contributed by atoms with Gasteiger partial charge in [0.1, 0.15) is 0 Å². The Kier molecular flexibility index (Phi) is 4.65. The van der Waals surface area contributed by atoms with E-state index in [1.165, 1.54) is 11.8 Å². The van der Waals surface area contributed by atoms with Crippen molar-refractivity contribution in [2.24, 2.45) is 11.7 Å². The molecule has 3 N–H and O–H groups in total. The van der Waals surface area contributed by atoms with Crippen molar-refractivity contribution < 1.29 is 9.59 Å². The van der Waals surface area contributed by atoms with Crippen LogP contribution in [0.15, 0.2) is 11.2 Å². The van der Waals surface area contributed by atoms with Crippen molar-refractivity contribution in [2.75, 3.05) is 0 Å². The number of nitrogens with zero attached hydrogens (tertiary/aromatic N) is 4. The number of amides is 3. The normalized spacial score (nSPS) is 12.6. The summed E-state index contributed by atoms with van der Waals surface area (Å²) < 4.78 is 1.62. The van der Waals surface area contributed by atoms with Crippen molar-refractivity contribution >= 4 is 29.5 Å². The van der Waals surface area contributed by atoms with Crippen molar-refractivity contribution in [3.63, 3.8) is 0 Å². The Morgan fingerprint density at radius 3 is 2.59 bits per heavy atom. The number of thioether (sulfide) groups is 1. The van der Waals surface area contributed by atoms with Crippen molar-refractivity contribution in [1.82, 2.24) is 24.9 Å². The quantitative estimate of drug-likeness (QED) is 0.813. The maximum atomic E-state index is 12.0. The molecule has 1 atom stereocenters. The summed E-state index contributed by atoms with van der Waals surface area (Å²) in [6.07, 6.45) is 0. The molecule has 0 fully saturated rings. The summed E-state index contributed by atoms with van der Waals surface area (Å²) in [5, 5.41) is 6.35.